The molecule has 1 aliphatic carbocycles. The van der Waals surface area contributed by atoms with Gasteiger partial charge >= 0.3 is 0 Å². The summed E-state index contributed by atoms with van der Waals surface area (Å²) in [7, 11) is 0. The van der Waals surface area contributed by atoms with E-state index in [2.05, 4.69) is 48.4 Å². The largest absolute Gasteiger partial charge is 0.490 e. The standard InChI is InChI=1S/C28H22N2O2S2/c1-2-14-32-20-9-5-7-18(16-20)17-24-27(31)30-26(23-11-6-15-33-23)22-13-12-19-8-3-4-10-21(19)25(22)29-28(30)34-24/h2-11,15-17,26H,1,12-14H2. The third kappa shape index (κ3) is 3.59. The number of aryl methyl sites for hydroxylation is 1. The van der Waals surface area contributed by atoms with Crippen LogP contribution in [0, 0.1) is 0 Å². The number of nitrogens with zero attached hydrogens (tertiary/aromatic N) is 2. The van der Waals surface area contributed by atoms with Gasteiger partial charge in [-0.15, -0.1) is 11.3 Å². The van der Waals surface area contributed by atoms with Crippen LogP contribution in [0.2, 0.25) is 0 Å². The van der Waals surface area contributed by atoms with E-state index < -0.39 is 0 Å². The average Bonchev–Trinajstić information content (AvgIpc) is 3.50. The lowest BCUT2D eigenvalue weighted by Crippen LogP contribution is -2.38. The molecule has 0 radical (unpaired) electrons. The number of thiophene rings is 1. The van der Waals surface area contributed by atoms with Crippen molar-refractivity contribution in [1.82, 2.24) is 4.57 Å². The molecule has 4 nitrogen and oxygen atoms in total. The highest BCUT2D eigenvalue weighted by molar-refractivity contribution is 7.10. The van der Waals surface area contributed by atoms with Crippen LogP contribution in [-0.2, 0) is 6.42 Å². The van der Waals surface area contributed by atoms with Gasteiger partial charge in [0.1, 0.15) is 12.4 Å². The Labute approximate surface area is 205 Å². The van der Waals surface area contributed by atoms with E-state index in [0.29, 0.717) is 11.1 Å². The van der Waals surface area contributed by atoms with E-state index in [-0.39, 0.29) is 11.6 Å². The zero-order valence-electron chi connectivity index (χ0n) is 18.4. The van der Waals surface area contributed by atoms with Crippen molar-refractivity contribution >= 4 is 34.4 Å². The molecule has 1 aliphatic heterocycles. The minimum Gasteiger partial charge on any atom is -0.490 e. The maximum absolute atomic E-state index is 13.7. The van der Waals surface area contributed by atoms with E-state index in [0.717, 1.165) is 34.7 Å². The Morgan fingerprint density at radius 2 is 2.03 bits per heavy atom. The van der Waals surface area contributed by atoms with Gasteiger partial charge in [0.05, 0.1) is 16.3 Å². The Hall–Kier alpha value is -3.48. The van der Waals surface area contributed by atoms with Gasteiger partial charge in [0.15, 0.2) is 4.80 Å². The first-order valence-electron chi connectivity index (χ1n) is 11.2. The minimum absolute atomic E-state index is 0.00460. The van der Waals surface area contributed by atoms with E-state index in [1.807, 2.05) is 34.9 Å². The summed E-state index contributed by atoms with van der Waals surface area (Å²) in [6.07, 6.45) is 5.53. The normalized spacial score (nSPS) is 16.9. The number of rotatable bonds is 5. The van der Waals surface area contributed by atoms with Crippen molar-refractivity contribution in [2.45, 2.75) is 18.9 Å². The number of ether oxygens (including phenoxy) is 1. The summed E-state index contributed by atoms with van der Waals surface area (Å²) in [5, 5.41) is 2.08. The van der Waals surface area contributed by atoms with Crippen LogP contribution in [0.5, 0.6) is 5.75 Å². The lowest BCUT2D eigenvalue weighted by atomic mass is 9.85. The maximum Gasteiger partial charge on any atom is 0.271 e. The molecule has 0 fully saturated rings. The van der Waals surface area contributed by atoms with Gasteiger partial charge in [-0.2, -0.15) is 0 Å². The van der Waals surface area contributed by atoms with Crippen LogP contribution < -0.4 is 19.6 Å². The van der Waals surface area contributed by atoms with Crippen LogP contribution in [0.1, 0.15) is 34.0 Å². The highest BCUT2D eigenvalue weighted by Crippen LogP contribution is 2.42. The maximum atomic E-state index is 13.7. The first-order valence-corrected chi connectivity index (χ1v) is 12.9. The molecule has 0 bridgehead atoms. The molecule has 0 amide bonds. The van der Waals surface area contributed by atoms with Crippen LogP contribution >= 0.6 is 22.7 Å². The van der Waals surface area contributed by atoms with E-state index in [4.69, 9.17) is 9.73 Å². The second-order valence-electron chi connectivity index (χ2n) is 8.30. The van der Waals surface area contributed by atoms with Gasteiger partial charge in [0.25, 0.3) is 5.56 Å². The summed E-state index contributed by atoms with van der Waals surface area (Å²) in [6, 6.07) is 20.3. The number of hydrogen-bond donors (Lipinski definition) is 0. The van der Waals surface area contributed by atoms with Gasteiger partial charge in [-0.1, -0.05) is 66.5 Å². The molecule has 1 unspecified atom stereocenters. The number of allylic oxidation sites excluding steroid dienone is 1. The van der Waals surface area contributed by atoms with E-state index >= 15 is 0 Å². The molecular weight excluding hydrogens is 460 g/mol. The Morgan fingerprint density at radius 1 is 1.12 bits per heavy atom. The van der Waals surface area contributed by atoms with Crippen LogP contribution in [0.15, 0.2) is 94.1 Å². The topological polar surface area (TPSA) is 43.6 Å². The molecule has 1 atom stereocenters. The molecule has 6 rings (SSSR count). The van der Waals surface area contributed by atoms with Gasteiger partial charge in [0.2, 0.25) is 0 Å². The van der Waals surface area contributed by atoms with Crippen molar-refractivity contribution < 1.29 is 4.74 Å². The number of aromatic nitrogens is 1. The summed E-state index contributed by atoms with van der Waals surface area (Å²) >= 11 is 3.15. The highest BCUT2D eigenvalue weighted by atomic mass is 32.1. The van der Waals surface area contributed by atoms with Gasteiger partial charge in [0, 0.05) is 10.4 Å². The second kappa shape index (κ2) is 8.70. The number of benzene rings is 2. The van der Waals surface area contributed by atoms with Crippen molar-refractivity contribution in [3.8, 4) is 5.75 Å². The summed E-state index contributed by atoms with van der Waals surface area (Å²) in [4.78, 5) is 20.7. The molecule has 168 valence electrons. The monoisotopic (exact) mass is 482 g/mol. The van der Waals surface area contributed by atoms with Crippen LogP contribution in [0.3, 0.4) is 0 Å². The third-order valence-corrected chi connectivity index (χ3v) is 8.12. The first kappa shape index (κ1) is 21.1. The lowest BCUT2D eigenvalue weighted by molar-refractivity contribution is 0.363. The molecule has 2 aromatic carbocycles. The average molecular weight is 483 g/mol. The Kier molecular flexibility index (Phi) is 5.40. The fraction of sp³-hybridized carbons (Fsp3) is 0.143. The Morgan fingerprint density at radius 3 is 2.88 bits per heavy atom. The smallest absolute Gasteiger partial charge is 0.271 e. The fourth-order valence-electron chi connectivity index (χ4n) is 4.72. The van der Waals surface area contributed by atoms with Crippen molar-refractivity contribution in [2.24, 2.45) is 4.99 Å². The van der Waals surface area contributed by atoms with E-state index in [1.165, 1.54) is 32.9 Å². The highest BCUT2D eigenvalue weighted by Gasteiger charge is 2.32. The number of thiazole rings is 1. The van der Waals surface area contributed by atoms with E-state index in [1.54, 1.807) is 17.4 Å². The van der Waals surface area contributed by atoms with Gasteiger partial charge < -0.3 is 4.74 Å². The summed E-state index contributed by atoms with van der Waals surface area (Å²) in [6.45, 7) is 4.14. The lowest BCUT2D eigenvalue weighted by Gasteiger charge is -2.30. The van der Waals surface area contributed by atoms with Gasteiger partial charge in [-0.05, 0) is 59.2 Å². The predicted octanol–water partition coefficient (Wildman–Crippen LogP) is 4.95. The molecule has 2 aromatic heterocycles. The SMILES string of the molecule is C=CCOc1cccc(C=c2sc3n(c2=O)C(c2cccs2)C2=C(N=3)c3ccccc3CC2)c1. The van der Waals surface area contributed by atoms with Crippen molar-refractivity contribution in [1.29, 1.82) is 0 Å². The summed E-state index contributed by atoms with van der Waals surface area (Å²) in [5.41, 5.74) is 5.71. The van der Waals surface area contributed by atoms with Gasteiger partial charge in [-0.3, -0.25) is 9.36 Å². The summed E-state index contributed by atoms with van der Waals surface area (Å²) < 4.78 is 8.24. The number of fused-ring (bicyclic) bond motifs is 3. The zero-order valence-corrected chi connectivity index (χ0v) is 20.1. The zero-order chi connectivity index (χ0) is 23.1. The van der Waals surface area contributed by atoms with Crippen molar-refractivity contribution in [3.63, 3.8) is 0 Å². The van der Waals surface area contributed by atoms with Crippen LogP contribution in [0.4, 0.5) is 0 Å². The van der Waals surface area contributed by atoms with Crippen LogP contribution in [0.25, 0.3) is 11.8 Å². The molecule has 0 saturated carbocycles. The molecule has 6 heteroatoms. The quantitative estimate of drug-likeness (QED) is 0.378. The van der Waals surface area contributed by atoms with Crippen LogP contribution in [-0.4, -0.2) is 11.2 Å². The molecule has 0 saturated heterocycles. The molecular formula is C28H22N2O2S2. The second-order valence-corrected chi connectivity index (χ2v) is 10.3. The molecule has 0 spiro atoms. The summed E-state index contributed by atoms with van der Waals surface area (Å²) in [5.74, 6) is 0.755. The molecule has 2 aliphatic rings. The Balaban J connectivity index is 1.54. The van der Waals surface area contributed by atoms with Crippen molar-refractivity contribution in [3.05, 3.63) is 126 Å². The predicted molar refractivity (Wildman–Crippen MR) is 139 cm³/mol. The molecule has 0 N–H and O–H groups in total. The minimum atomic E-state index is -0.107. The molecule has 3 heterocycles. The fourth-order valence-corrected chi connectivity index (χ4v) is 6.57. The molecule has 34 heavy (non-hydrogen) atoms. The third-order valence-electron chi connectivity index (χ3n) is 6.21. The van der Waals surface area contributed by atoms with Crippen molar-refractivity contribution in [2.75, 3.05) is 6.61 Å². The van der Waals surface area contributed by atoms with E-state index in [9.17, 15) is 4.79 Å². The first-order chi connectivity index (χ1) is 16.7. The molecule has 4 aromatic rings. The number of hydrogen-bond acceptors (Lipinski definition) is 5. The Bertz CT molecular complexity index is 1610. The van der Waals surface area contributed by atoms with Gasteiger partial charge in [-0.25, -0.2) is 4.99 Å².